The first-order valence-electron chi connectivity index (χ1n) is 8.35. The van der Waals surface area contributed by atoms with E-state index in [-0.39, 0.29) is 6.04 Å². The summed E-state index contributed by atoms with van der Waals surface area (Å²) in [7, 11) is 0. The Balaban J connectivity index is 1.51. The van der Waals surface area contributed by atoms with Crippen LogP contribution in [0.3, 0.4) is 0 Å². The molecule has 0 bridgehead atoms. The number of nitrogens with one attached hydrogen (secondary N) is 1. The first-order chi connectivity index (χ1) is 12.4. The van der Waals surface area contributed by atoms with E-state index in [1.165, 1.54) is 4.88 Å². The third-order valence-corrected chi connectivity index (χ3v) is 5.26. The molecule has 0 amide bonds. The van der Waals surface area contributed by atoms with Crippen LogP contribution in [0.1, 0.15) is 10.9 Å². The molecule has 8 heteroatoms. The van der Waals surface area contributed by atoms with E-state index >= 15 is 0 Å². The Morgan fingerprint density at radius 1 is 1.12 bits per heavy atom. The van der Waals surface area contributed by atoms with Gasteiger partial charge in [-0.1, -0.05) is 29.4 Å². The molecule has 1 N–H and O–H groups in total. The molecular formula is C17H20N6OS. The number of benzene rings is 1. The van der Waals surface area contributed by atoms with Crippen LogP contribution in [0.4, 0.5) is 5.95 Å². The van der Waals surface area contributed by atoms with Gasteiger partial charge in [0.2, 0.25) is 5.95 Å². The lowest BCUT2D eigenvalue weighted by Crippen LogP contribution is -2.41. The lowest BCUT2D eigenvalue weighted by molar-refractivity contribution is 0.0193. The Bertz CT molecular complexity index is 770. The van der Waals surface area contributed by atoms with Gasteiger partial charge in [0.05, 0.1) is 24.9 Å². The van der Waals surface area contributed by atoms with Gasteiger partial charge in [0.25, 0.3) is 0 Å². The summed E-state index contributed by atoms with van der Waals surface area (Å²) in [6.45, 7) is 4.18. The minimum atomic E-state index is 0.282. The summed E-state index contributed by atoms with van der Waals surface area (Å²) in [5.41, 5.74) is 0.939. The standard InChI is InChI=1S/C17H20N6OS/c1-2-5-14(6-3-1)23-17(19-20-21-23)18-13-15(16-7-4-12-25-16)22-8-10-24-11-9-22/h1-7,12,15H,8-11,13H2,(H,18,19,21)/t15-/m1/s1. The van der Waals surface area contributed by atoms with Gasteiger partial charge in [-0.15, -0.1) is 11.3 Å². The van der Waals surface area contributed by atoms with Crippen molar-refractivity contribution in [3.8, 4) is 5.69 Å². The van der Waals surface area contributed by atoms with Crippen molar-refractivity contribution in [3.63, 3.8) is 0 Å². The van der Waals surface area contributed by atoms with Crippen molar-refractivity contribution in [3.05, 3.63) is 52.7 Å². The number of hydrogen-bond donors (Lipinski definition) is 1. The number of aromatic nitrogens is 4. The van der Waals surface area contributed by atoms with Crippen LogP contribution < -0.4 is 5.32 Å². The van der Waals surface area contributed by atoms with E-state index in [9.17, 15) is 0 Å². The van der Waals surface area contributed by atoms with Crippen molar-refractivity contribution in [2.45, 2.75) is 6.04 Å². The highest BCUT2D eigenvalue weighted by molar-refractivity contribution is 7.10. The Labute approximate surface area is 150 Å². The van der Waals surface area contributed by atoms with Crippen LogP contribution in [0.25, 0.3) is 5.69 Å². The van der Waals surface area contributed by atoms with Crippen LogP contribution in [-0.2, 0) is 4.74 Å². The third-order valence-electron chi connectivity index (χ3n) is 4.28. The molecule has 4 rings (SSSR count). The molecule has 1 aromatic carbocycles. The Hall–Kier alpha value is -2.29. The maximum atomic E-state index is 5.50. The predicted molar refractivity (Wildman–Crippen MR) is 97.1 cm³/mol. The van der Waals surface area contributed by atoms with Gasteiger partial charge in [0, 0.05) is 24.5 Å². The van der Waals surface area contributed by atoms with Crippen molar-refractivity contribution >= 4 is 17.3 Å². The molecule has 3 aromatic rings. The maximum Gasteiger partial charge on any atom is 0.247 e. The van der Waals surface area contributed by atoms with Crippen molar-refractivity contribution in [2.24, 2.45) is 0 Å². The predicted octanol–water partition coefficient (Wildman–Crippen LogP) is 2.21. The second kappa shape index (κ2) is 7.73. The third kappa shape index (κ3) is 3.71. The Morgan fingerprint density at radius 3 is 2.72 bits per heavy atom. The monoisotopic (exact) mass is 356 g/mol. The van der Waals surface area contributed by atoms with Crippen molar-refractivity contribution in [2.75, 3.05) is 38.2 Å². The molecule has 7 nitrogen and oxygen atoms in total. The molecule has 1 aliphatic heterocycles. The zero-order chi connectivity index (χ0) is 16.9. The lowest BCUT2D eigenvalue weighted by Gasteiger charge is -2.34. The normalized spacial score (nSPS) is 16.6. The highest BCUT2D eigenvalue weighted by Gasteiger charge is 2.24. The molecule has 0 spiro atoms. The maximum absolute atomic E-state index is 5.50. The number of hydrogen-bond acceptors (Lipinski definition) is 7. The summed E-state index contributed by atoms with van der Waals surface area (Å²) in [6, 6.07) is 14.5. The quantitative estimate of drug-likeness (QED) is 0.730. The lowest BCUT2D eigenvalue weighted by atomic mass is 10.2. The van der Waals surface area contributed by atoms with E-state index in [1.807, 2.05) is 30.3 Å². The van der Waals surface area contributed by atoms with Crippen LogP contribution in [-0.4, -0.2) is 58.0 Å². The SMILES string of the molecule is c1ccc(-n2nnnc2NC[C@H](c2cccs2)N2CCOCC2)cc1. The molecule has 1 fully saturated rings. The van der Waals surface area contributed by atoms with E-state index in [1.54, 1.807) is 16.0 Å². The first kappa shape index (κ1) is 16.2. The number of morpholine rings is 1. The second-order valence-electron chi connectivity index (χ2n) is 5.81. The Kier molecular flexibility index (Phi) is 5.01. The minimum absolute atomic E-state index is 0.282. The van der Waals surface area contributed by atoms with E-state index in [0.29, 0.717) is 5.95 Å². The van der Waals surface area contributed by atoms with Crippen molar-refractivity contribution < 1.29 is 4.74 Å². The van der Waals surface area contributed by atoms with Crippen LogP contribution in [0.2, 0.25) is 0 Å². The molecule has 0 saturated carbocycles. The van der Waals surface area contributed by atoms with Crippen LogP contribution >= 0.6 is 11.3 Å². The van der Waals surface area contributed by atoms with Gasteiger partial charge in [-0.2, -0.15) is 4.68 Å². The van der Waals surface area contributed by atoms with Crippen LogP contribution in [0, 0.1) is 0 Å². The molecule has 0 unspecified atom stereocenters. The summed E-state index contributed by atoms with van der Waals surface area (Å²) < 4.78 is 7.23. The van der Waals surface area contributed by atoms with Crippen LogP contribution in [0.15, 0.2) is 47.8 Å². The summed E-state index contributed by atoms with van der Waals surface area (Å²) in [5, 5.41) is 17.6. The molecule has 3 heterocycles. The average molecular weight is 356 g/mol. The van der Waals surface area contributed by atoms with Crippen molar-refractivity contribution in [1.29, 1.82) is 0 Å². The fourth-order valence-corrected chi connectivity index (χ4v) is 3.87. The van der Waals surface area contributed by atoms with Gasteiger partial charge in [-0.05, 0) is 34.0 Å². The summed E-state index contributed by atoms with van der Waals surface area (Å²) in [6.07, 6.45) is 0. The average Bonchev–Trinajstić information content (AvgIpc) is 3.36. The zero-order valence-electron chi connectivity index (χ0n) is 13.8. The highest BCUT2D eigenvalue weighted by atomic mass is 32.1. The highest BCUT2D eigenvalue weighted by Crippen LogP contribution is 2.26. The van der Waals surface area contributed by atoms with Gasteiger partial charge in [0.15, 0.2) is 0 Å². The zero-order valence-corrected chi connectivity index (χ0v) is 14.6. The molecule has 25 heavy (non-hydrogen) atoms. The number of anilines is 1. The minimum Gasteiger partial charge on any atom is -0.379 e. The molecular weight excluding hydrogens is 336 g/mol. The largest absolute Gasteiger partial charge is 0.379 e. The van der Waals surface area contributed by atoms with Crippen LogP contribution in [0.5, 0.6) is 0 Å². The number of ether oxygens (including phenoxy) is 1. The van der Waals surface area contributed by atoms with Gasteiger partial charge >= 0.3 is 0 Å². The van der Waals surface area contributed by atoms with E-state index in [2.05, 4.69) is 43.3 Å². The fourth-order valence-electron chi connectivity index (χ4n) is 3.01. The van der Waals surface area contributed by atoms with E-state index < -0.39 is 0 Å². The molecule has 130 valence electrons. The summed E-state index contributed by atoms with van der Waals surface area (Å²) >= 11 is 1.78. The number of tetrazole rings is 1. The van der Waals surface area contributed by atoms with E-state index in [4.69, 9.17) is 4.74 Å². The van der Waals surface area contributed by atoms with Gasteiger partial charge in [-0.25, -0.2) is 0 Å². The molecule has 0 aliphatic carbocycles. The topological polar surface area (TPSA) is 68.1 Å². The smallest absolute Gasteiger partial charge is 0.247 e. The number of para-hydroxylation sites is 1. The summed E-state index contributed by atoms with van der Waals surface area (Å²) in [5.74, 6) is 0.654. The number of rotatable bonds is 6. The Morgan fingerprint density at radius 2 is 1.96 bits per heavy atom. The molecule has 1 saturated heterocycles. The van der Waals surface area contributed by atoms with Gasteiger partial charge in [-0.3, -0.25) is 4.90 Å². The molecule has 2 aromatic heterocycles. The second-order valence-corrected chi connectivity index (χ2v) is 6.79. The van der Waals surface area contributed by atoms with E-state index in [0.717, 1.165) is 38.5 Å². The number of nitrogens with zero attached hydrogens (tertiary/aromatic N) is 5. The molecule has 1 aliphatic rings. The van der Waals surface area contributed by atoms with Gasteiger partial charge in [0.1, 0.15) is 0 Å². The summed E-state index contributed by atoms with van der Waals surface area (Å²) in [4.78, 5) is 3.80. The molecule has 1 atom stereocenters. The van der Waals surface area contributed by atoms with Crippen molar-refractivity contribution in [1.82, 2.24) is 25.1 Å². The first-order valence-corrected chi connectivity index (χ1v) is 9.22. The fraction of sp³-hybridized carbons (Fsp3) is 0.353. The number of thiophene rings is 1. The molecule has 0 radical (unpaired) electrons. The van der Waals surface area contributed by atoms with Gasteiger partial charge < -0.3 is 10.1 Å².